The first-order valence-electron chi connectivity index (χ1n) is 15.3. The van der Waals surface area contributed by atoms with Crippen LogP contribution in [0.25, 0.3) is 97.8 Å². The van der Waals surface area contributed by atoms with Crippen molar-refractivity contribution in [1.29, 1.82) is 0 Å². The van der Waals surface area contributed by atoms with Gasteiger partial charge in [-0.2, -0.15) is 0 Å². The molecule has 0 atom stereocenters. The molecule has 0 N–H and O–H groups in total. The Balaban J connectivity index is 1.19. The number of fused-ring (bicyclic) bond motifs is 8. The quantitative estimate of drug-likeness (QED) is 0.201. The fourth-order valence-electron chi connectivity index (χ4n) is 6.56. The van der Waals surface area contributed by atoms with E-state index in [2.05, 4.69) is 127 Å². The first-order chi connectivity index (χ1) is 22.7. The van der Waals surface area contributed by atoms with E-state index in [-0.39, 0.29) is 0 Å². The monoisotopic (exact) mass is 605 g/mol. The number of thiophene rings is 1. The highest BCUT2D eigenvalue weighted by molar-refractivity contribution is 7.25. The fraction of sp³-hybridized carbons (Fsp3) is 0. The van der Waals surface area contributed by atoms with E-state index >= 15 is 0 Å². The molecule has 46 heavy (non-hydrogen) atoms. The molecule has 0 saturated carbocycles. The predicted octanol–water partition coefficient (Wildman–Crippen LogP) is 11.4. The number of nitrogens with zero attached hydrogens (tertiary/aromatic N) is 3. The zero-order valence-electron chi connectivity index (χ0n) is 24.4. The fourth-order valence-corrected chi connectivity index (χ4v) is 7.64. The van der Waals surface area contributed by atoms with Crippen LogP contribution in [0.1, 0.15) is 0 Å². The van der Waals surface area contributed by atoms with E-state index in [1.54, 1.807) is 0 Å². The van der Waals surface area contributed by atoms with Gasteiger partial charge in [0.25, 0.3) is 0 Å². The van der Waals surface area contributed by atoms with Crippen LogP contribution in [0, 0.1) is 0 Å². The zero-order valence-corrected chi connectivity index (χ0v) is 25.3. The Hall–Kier alpha value is -5.91. The third-order valence-electron chi connectivity index (χ3n) is 8.87. The number of benzene rings is 7. The number of hydrogen-bond acceptors (Lipinski definition) is 5. The van der Waals surface area contributed by atoms with Crippen molar-refractivity contribution in [3.63, 3.8) is 0 Å². The van der Waals surface area contributed by atoms with Gasteiger partial charge in [0.2, 0.25) is 0 Å². The van der Waals surface area contributed by atoms with Gasteiger partial charge in [-0.05, 0) is 82.2 Å². The summed E-state index contributed by atoms with van der Waals surface area (Å²) in [7, 11) is 0. The topological polar surface area (TPSA) is 51.8 Å². The van der Waals surface area contributed by atoms with Crippen molar-refractivity contribution in [3.05, 3.63) is 140 Å². The van der Waals surface area contributed by atoms with E-state index in [9.17, 15) is 0 Å². The Labute approximate surface area is 267 Å². The van der Waals surface area contributed by atoms with E-state index < -0.39 is 0 Å². The molecule has 0 amide bonds. The van der Waals surface area contributed by atoms with E-state index in [0.717, 1.165) is 49.4 Å². The van der Waals surface area contributed by atoms with Crippen molar-refractivity contribution in [2.24, 2.45) is 0 Å². The Kier molecular flexibility index (Phi) is 5.41. The number of hydrogen-bond donors (Lipinski definition) is 0. The summed E-state index contributed by atoms with van der Waals surface area (Å²) >= 11 is 1.81. The molecule has 10 rings (SSSR count). The summed E-state index contributed by atoms with van der Waals surface area (Å²) in [5, 5.41) is 9.25. The summed E-state index contributed by atoms with van der Waals surface area (Å²) in [6.07, 6.45) is 0. The first-order valence-corrected chi connectivity index (χ1v) is 16.1. The third-order valence-corrected chi connectivity index (χ3v) is 10.0. The van der Waals surface area contributed by atoms with Crippen LogP contribution < -0.4 is 0 Å². The Morgan fingerprint density at radius 3 is 1.70 bits per heavy atom. The second kappa shape index (κ2) is 9.80. The van der Waals surface area contributed by atoms with Gasteiger partial charge >= 0.3 is 0 Å². The van der Waals surface area contributed by atoms with Crippen molar-refractivity contribution < 1.29 is 4.42 Å². The predicted molar refractivity (Wildman–Crippen MR) is 191 cm³/mol. The summed E-state index contributed by atoms with van der Waals surface area (Å²) < 4.78 is 8.82. The molecule has 3 heterocycles. The zero-order chi connectivity index (χ0) is 30.2. The molecule has 214 valence electrons. The molecule has 0 fully saturated rings. The van der Waals surface area contributed by atoms with E-state index in [0.29, 0.717) is 17.5 Å². The molecule has 0 aliphatic carbocycles. The van der Waals surface area contributed by atoms with Gasteiger partial charge in [0.15, 0.2) is 17.5 Å². The van der Waals surface area contributed by atoms with Gasteiger partial charge in [-0.25, -0.2) is 15.0 Å². The van der Waals surface area contributed by atoms with Crippen LogP contribution in [0.3, 0.4) is 0 Å². The largest absolute Gasteiger partial charge is 0.456 e. The Bertz CT molecular complexity index is 2830. The minimum absolute atomic E-state index is 0.625. The minimum Gasteiger partial charge on any atom is -0.456 e. The lowest BCUT2D eigenvalue weighted by Crippen LogP contribution is -2.00. The number of furan rings is 1. The summed E-state index contributed by atoms with van der Waals surface area (Å²) in [4.78, 5) is 15.3. The molecule has 0 saturated heterocycles. The molecule has 10 aromatic rings. The smallest absolute Gasteiger partial charge is 0.164 e. The molecule has 5 heteroatoms. The van der Waals surface area contributed by atoms with Crippen molar-refractivity contribution in [2.75, 3.05) is 0 Å². The van der Waals surface area contributed by atoms with Gasteiger partial charge in [0.05, 0.1) is 0 Å². The summed E-state index contributed by atoms with van der Waals surface area (Å²) in [5.74, 6) is 1.91. The molecule has 4 nitrogen and oxygen atoms in total. The Morgan fingerprint density at radius 2 is 0.913 bits per heavy atom. The standard InChI is InChI=1S/C41H23N3OS/c1-2-8-25-19-28(14-13-24(25)7-1)39-42-40(44-41(43-39)30-16-18-38-34(22-30)31-11-5-6-12-37(31)46-38)29-15-17-35-32(21-29)33-20-26-9-3-4-10-27(26)23-36(33)45-35/h1-23H. The lowest BCUT2D eigenvalue weighted by atomic mass is 10.0. The molecular formula is C41H23N3OS. The van der Waals surface area contributed by atoms with Gasteiger partial charge in [0.1, 0.15) is 11.2 Å². The average molecular weight is 606 g/mol. The van der Waals surface area contributed by atoms with E-state index in [1.807, 2.05) is 23.5 Å². The van der Waals surface area contributed by atoms with Crippen LogP contribution >= 0.6 is 11.3 Å². The maximum Gasteiger partial charge on any atom is 0.164 e. The average Bonchev–Trinajstić information content (AvgIpc) is 3.67. The van der Waals surface area contributed by atoms with Gasteiger partial charge in [-0.1, -0.05) is 78.9 Å². The maximum atomic E-state index is 6.29. The van der Waals surface area contributed by atoms with Crippen LogP contribution in [0.2, 0.25) is 0 Å². The molecule has 0 bridgehead atoms. The van der Waals surface area contributed by atoms with E-state index in [1.165, 1.54) is 30.9 Å². The summed E-state index contributed by atoms with van der Waals surface area (Å²) in [6, 6.07) is 48.7. The molecule has 0 unspecified atom stereocenters. The first kappa shape index (κ1) is 25.4. The number of rotatable bonds is 3. The van der Waals surface area contributed by atoms with Crippen LogP contribution in [0.15, 0.2) is 144 Å². The second-order valence-corrected chi connectivity index (χ2v) is 12.8. The van der Waals surface area contributed by atoms with Crippen molar-refractivity contribution in [3.8, 4) is 34.2 Å². The lowest BCUT2D eigenvalue weighted by Gasteiger charge is -2.09. The lowest BCUT2D eigenvalue weighted by molar-refractivity contribution is 0.669. The van der Waals surface area contributed by atoms with Gasteiger partial charge in [-0.15, -0.1) is 11.3 Å². The highest BCUT2D eigenvalue weighted by atomic mass is 32.1. The van der Waals surface area contributed by atoms with E-state index in [4.69, 9.17) is 19.4 Å². The van der Waals surface area contributed by atoms with Crippen LogP contribution in [0.5, 0.6) is 0 Å². The molecule has 3 aromatic heterocycles. The van der Waals surface area contributed by atoms with Crippen molar-refractivity contribution in [1.82, 2.24) is 15.0 Å². The van der Waals surface area contributed by atoms with Crippen LogP contribution in [0.4, 0.5) is 0 Å². The Morgan fingerprint density at radius 1 is 0.370 bits per heavy atom. The maximum absolute atomic E-state index is 6.29. The second-order valence-electron chi connectivity index (χ2n) is 11.7. The van der Waals surface area contributed by atoms with Crippen LogP contribution in [-0.4, -0.2) is 15.0 Å². The van der Waals surface area contributed by atoms with Crippen molar-refractivity contribution >= 4 is 75.0 Å². The molecule has 0 aliphatic heterocycles. The van der Waals surface area contributed by atoms with Gasteiger partial charge < -0.3 is 4.42 Å². The molecule has 0 aliphatic rings. The minimum atomic E-state index is 0.625. The van der Waals surface area contributed by atoms with Crippen LogP contribution in [-0.2, 0) is 0 Å². The number of aromatic nitrogens is 3. The summed E-state index contributed by atoms with van der Waals surface area (Å²) in [5.41, 5.74) is 4.54. The molecule has 0 spiro atoms. The molecular weight excluding hydrogens is 583 g/mol. The molecule has 0 radical (unpaired) electrons. The van der Waals surface area contributed by atoms with Crippen molar-refractivity contribution in [2.45, 2.75) is 0 Å². The SMILES string of the molecule is c1ccc2cc(-c3nc(-c4ccc5oc6cc7ccccc7cc6c5c4)nc(-c4ccc5sc6ccccc6c5c4)n3)ccc2c1. The third kappa shape index (κ3) is 4.03. The normalized spacial score (nSPS) is 11.9. The highest BCUT2D eigenvalue weighted by Crippen LogP contribution is 2.38. The molecule has 7 aromatic carbocycles. The van der Waals surface area contributed by atoms with Gasteiger partial charge in [0, 0.05) is 47.6 Å². The summed E-state index contributed by atoms with van der Waals surface area (Å²) in [6.45, 7) is 0. The van der Waals surface area contributed by atoms with Gasteiger partial charge in [-0.3, -0.25) is 0 Å². The highest BCUT2D eigenvalue weighted by Gasteiger charge is 2.16.